The maximum absolute atomic E-state index is 12.1. The molecule has 0 N–H and O–H groups in total. The summed E-state index contributed by atoms with van der Waals surface area (Å²) in [6.45, 7) is 12.3. The highest BCUT2D eigenvalue weighted by Gasteiger charge is 2.35. The quantitative estimate of drug-likeness (QED) is 0.734. The lowest BCUT2D eigenvalue weighted by Gasteiger charge is -2.40. The predicted molar refractivity (Wildman–Crippen MR) is 69.8 cm³/mol. The van der Waals surface area contributed by atoms with Gasteiger partial charge in [-0.2, -0.15) is 0 Å². The van der Waals surface area contributed by atoms with E-state index in [1.165, 1.54) is 12.8 Å². The molecule has 17 heavy (non-hydrogen) atoms. The van der Waals surface area contributed by atoms with E-state index in [-0.39, 0.29) is 5.41 Å². The van der Waals surface area contributed by atoms with Gasteiger partial charge in [-0.05, 0) is 25.7 Å². The van der Waals surface area contributed by atoms with Gasteiger partial charge in [0.25, 0.3) is 0 Å². The topological polar surface area (TPSA) is 23.6 Å². The van der Waals surface area contributed by atoms with Crippen molar-refractivity contribution in [3.05, 3.63) is 0 Å². The van der Waals surface area contributed by atoms with Gasteiger partial charge in [0.05, 0.1) is 0 Å². The molecule has 1 atom stereocenters. The first kappa shape index (κ1) is 12.9. The minimum Gasteiger partial charge on any atom is -0.340 e. The van der Waals surface area contributed by atoms with Gasteiger partial charge < -0.3 is 4.90 Å². The van der Waals surface area contributed by atoms with Crippen molar-refractivity contribution in [3.8, 4) is 0 Å². The average molecular weight is 238 g/mol. The molecule has 2 aliphatic rings. The van der Waals surface area contributed by atoms with E-state index in [1.54, 1.807) is 0 Å². The molecule has 1 aliphatic carbocycles. The molecule has 3 heteroatoms. The van der Waals surface area contributed by atoms with Crippen LogP contribution in [0.2, 0.25) is 0 Å². The minimum absolute atomic E-state index is 0.232. The van der Waals surface area contributed by atoms with Crippen molar-refractivity contribution in [2.45, 2.75) is 46.6 Å². The summed E-state index contributed by atoms with van der Waals surface area (Å²) in [5.41, 5.74) is -0.232. The van der Waals surface area contributed by atoms with Gasteiger partial charge in [-0.1, -0.05) is 20.8 Å². The molecule has 1 aliphatic heterocycles. The summed E-state index contributed by atoms with van der Waals surface area (Å²) in [6.07, 6.45) is 2.81. The summed E-state index contributed by atoms with van der Waals surface area (Å²) in [6, 6.07) is 0.724. The first-order valence-corrected chi connectivity index (χ1v) is 6.93. The minimum atomic E-state index is -0.232. The van der Waals surface area contributed by atoms with E-state index < -0.39 is 0 Å². The molecule has 0 aromatic rings. The Kier molecular flexibility index (Phi) is 3.48. The summed E-state index contributed by atoms with van der Waals surface area (Å²) in [7, 11) is 0. The summed E-state index contributed by atoms with van der Waals surface area (Å²) >= 11 is 0. The van der Waals surface area contributed by atoms with Crippen molar-refractivity contribution in [2.24, 2.45) is 11.3 Å². The lowest BCUT2D eigenvalue weighted by Crippen LogP contribution is -2.53. The van der Waals surface area contributed by atoms with Gasteiger partial charge in [0.15, 0.2) is 0 Å². The molecular weight excluding hydrogens is 212 g/mol. The van der Waals surface area contributed by atoms with Crippen LogP contribution in [-0.4, -0.2) is 47.9 Å². The van der Waals surface area contributed by atoms with E-state index in [2.05, 4.69) is 11.8 Å². The summed E-state index contributed by atoms with van der Waals surface area (Å²) < 4.78 is 0. The number of amides is 1. The van der Waals surface area contributed by atoms with Crippen LogP contribution in [0.15, 0.2) is 0 Å². The number of carbonyl (C=O) groups excluding carboxylic acids is 1. The van der Waals surface area contributed by atoms with Crippen LogP contribution in [0.25, 0.3) is 0 Å². The Hall–Kier alpha value is -0.570. The van der Waals surface area contributed by atoms with E-state index in [0.29, 0.717) is 5.91 Å². The van der Waals surface area contributed by atoms with Crippen molar-refractivity contribution in [1.82, 2.24) is 9.80 Å². The van der Waals surface area contributed by atoms with Crippen molar-refractivity contribution in [1.29, 1.82) is 0 Å². The standard InChI is InChI=1S/C14H26N2O/c1-11(12-5-6-12)15-7-9-16(10-8-15)13(17)14(2,3)4/h11-12H,5-10H2,1-4H3. The van der Waals surface area contributed by atoms with Gasteiger partial charge in [0.2, 0.25) is 5.91 Å². The Balaban J connectivity index is 1.83. The predicted octanol–water partition coefficient (Wildman–Crippen LogP) is 1.98. The largest absolute Gasteiger partial charge is 0.340 e. The Morgan fingerprint density at radius 1 is 1.12 bits per heavy atom. The molecule has 2 rings (SSSR count). The fourth-order valence-corrected chi connectivity index (χ4v) is 2.68. The SMILES string of the molecule is CC(C1CC1)N1CCN(C(=O)C(C)(C)C)CC1. The van der Waals surface area contributed by atoms with Crippen molar-refractivity contribution in [2.75, 3.05) is 26.2 Å². The molecule has 98 valence electrons. The second-order valence-electron chi connectivity index (χ2n) is 6.66. The van der Waals surface area contributed by atoms with Crippen LogP contribution in [0.1, 0.15) is 40.5 Å². The monoisotopic (exact) mass is 238 g/mol. The molecule has 0 aromatic heterocycles. The van der Waals surface area contributed by atoms with Gasteiger partial charge in [0, 0.05) is 37.6 Å². The van der Waals surface area contributed by atoms with Crippen LogP contribution in [0.4, 0.5) is 0 Å². The van der Waals surface area contributed by atoms with Crippen molar-refractivity contribution >= 4 is 5.91 Å². The van der Waals surface area contributed by atoms with Gasteiger partial charge in [-0.15, -0.1) is 0 Å². The van der Waals surface area contributed by atoms with Gasteiger partial charge in [0.1, 0.15) is 0 Å². The third-order valence-electron chi connectivity index (χ3n) is 4.12. The van der Waals surface area contributed by atoms with Gasteiger partial charge in [-0.3, -0.25) is 9.69 Å². The summed E-state index contributed by atoms with van der Waals surface area (Å²) in [4.78, 5) is 16.7. The van der Waals surface area contributed by atoms with Crippen molar-refractivity contribution in [3.63, 3.8) is 0 Å². The van der Waals surface area contributed by atoms with E-state index in [9.17, 15) is 4.79 Å². The number of piperazine rings is 1. The van der Waals surface area contributed by atoms with Crippen molar-refractivity contribution < 1.29 is 4.79 Å². The van der Waals surface area contributed by atoms with Crippen LogP contribution in [0.5, 0.6) is 0 Å². The Morgan fingerprint density at radius 2 is 1.65 bits per heavy atom. The van der Waals surface area contributed by atoms with Gasteiger partial charge >= 0.3 is 0 Å². The number of rotatable bonds is 2. The molecule has 0 bridgehead atoms. The molecule has 0 radical (unpaired) electrons. The van der Waals surface area contributed by atoms with E-state index in [1.807, 2.05) is 25.7 Å². The maximum atomic E-state index is 12.1. The Labute approximate surface area is 105 Å². The molecular formula is C14H26N2O. The van der Waals surface area contributed by atoms with Gasteiger partial charge in [-0.25, -0.2) is 0 Å². The second-order valence-corrected chi connectivity index (χ2v) is 6.66. The Bertz CT molecular complexity index is 283. The molecule has 1 amide bonds. The Morgan fingerprint density at radius 3 is 2.06 bits per heavy atom. The zero-order valence-electron chi connectivity index (χ0n) is 11.7. The smallest absolute Gasteiger partial charge is 0.228 e. The lowest BCUT2D eigenvalue weighted by atomic mass is 9.94. The fraction of sp³-hybridized carbons (Fsp3) is 0.929. The lowest BCUT2D eigenvalue weighted by molar-refractivity contribution is -0.141. The third-order valence-corrected chi connectivity index (χ3v) is 4.12. The molecule has 2 fully saturated rings. The molecule has 0 spiro atoms. The van der Waals surface area contributed by atoms with Crippen LogP contribution >= 0.6 is 0 Å². The zero-order valence-corrected chi connectivity index (χ0v) is 11.7. The first-order chi connectivity index (χ1) is 7.89. The highest BCUT2D eigenvalue weighted by atomic mass is 16.2. The average Bonchev–Trinajstić information content (AvgIpc) is 3.10. The molecule has 3 nitrogen and oxygen atoms in total. The molecule has 1 saturated carbocycles. The van der Waals surface area contributed by atoms with Crippen LogP contribution < -0.4 is 0 Å². The first-order valence-electron chi connectivity index (χ1n) is 6.93. The van der Waals surface area contributed by atoms with E-state index in [0.717, 1.165) is 38.1 Å². The molecule has 1 heterocycles. The van der Waals surface area contributed by atoms with E-state index in [4.69, 9.17) is 0 Å². The molecule has 1 saturated heterocycles. The summed E-state index contributed by atoms with van der Waals surface area (Å²) in [5, 5.41) is 0. The maximum Gasteiger partial charge on any atom is 0.228 e. The zero-order chi connectivity index (χ0) is 12.6. The summed E-state index contributed by atoms with van der Waals surface area (Å²) in [5.74, 6) is 1.23. The molecule has 1 unspecified atom stereocenters. The fourth-order valence-electron chi connectivity index (χ4n) is 2.68. The van der Waals surface area contributed by atoms with Crippen LogP contribution in [0, 0.1) is 11.3 Å². The number of hydrogen-bond acceptors (Lipinski definition) is 2. The third kappa shape index (κ3) is 3.01. The number of nitrogens with zero attached hydrogens (tertiary/aromatic N) is 2. The van der Waals surface area contributed by atoms with Crippen LogP contribution in [-0.2, 0) is 4.79 Å². The van der Waals surface area contributed by atoms with Crippen LogP contribution in [0.3, 0.4) is 0 Å². The number of carbonyl (C=O) groups is 1. The normalized spacial score (nSPS) is 24.8. The molecule has 0 aromatic carbocycles. The second kappa shape index (κ2) is 4.60. The van der Waals surface area contributed by atoms with E-state index >= 15 is 0 Å². The highest BCUT2D eigenvalue weighted by molar-refractivity contribution is 5.81. The number of hydrogen-bond donors (Lipinski definition) is 0. The highest BCUT2D eigenvalue weighted by Crippen LogP contribution is 2.35.